The van der Waals surface area contributed by atoms with Crippen molar-refractivity contribution < 1.29 is 4.42 Å². The third kappa shape index (κ3) is 2.56. The molecule has 3 nitrogen and oxygen atoms in total. The van der Waals surface area contributed by atoms with Gasteiger partial charge in [-0.15, -0.1) is 0 Å². The first-order chi connectivity index (χ1) is 10.1. The Morgan fingerprint density at radius 3 is 2.57 bits per heavy atom. The molecule has 0 aliphatic rings. The summed E-state index contributed by atoms with van der Waals surface area (Å²) >= 11 is 6.02. The Labute approximate surface area is 128 Å². The van der Waals surface area contributed by atoms with E-state index in [2.05, 4.69) is 5.43 Å². The van der Waals surface area contributed by atoms with Gasteiger partial charge in [0.2, 0.25) is 0 Å². The van der Waals surface area contributed by atoms with Crippen molar-refractivity contribution in [2.24, 2.45) is 5.84 Å². The van der Waals surface area contributed by atoms with Crippen LogP contribution in [0.1, 0.15) is 28.5 Å². The van der Waals surface area contributed by atoms with Gasteiger partial charge in [0, 0.05) is 10.4 Å². The van der Waals surface area contributed by atoms with Crippen molar-refractivity contribution in [1.29, 1.82) is 0 Å². The molecule has 21 heavy (non-hydrogen) atoms. The minimum Gasteiger partial charge on any atom is -0.459 e. The Kier molecular flexibility index (Phi) is 3.72. The lowest BCUT2D eigenvalue weighted by atomic mass is 10.00. The van der Waals surface area contributed by atoms with Crippen LogP contribution in [-0.2, 0) is 0 Å². The van der Waals surface area contributed by atoms with Crippen molar-refractivity contribution in [2.45, 2.75) is 19.9 Å². The summed E-state index contributed by atoms with van der Waals surface area (Å²) in [5.74, 6) is 6.56. The molecule has 4 heteroatoms. The fourth-order valence-electron chi connectivity index (χ4n) is 2.66. The van der Waals surface area contributed by atoms with Gasteiger partial charge in [-0.25, -0.2) is 5.43 Å². The normalized spacial score (nSPS) is 12.8. The Hall–Kier alpha value is -1.81. The van der Waals surface area contributed by atoms with Crippen LogP contribution in [0.25, 0.3) is 11.0 Å². The number of benzene rings is 2. The second-order valence-corrected chi connectivity index (χ2v) is 5.68. The maximum atomic E-state index is 6.02. The lowest BCUT2D eigenvalue weighted by Crippen LogP contribution is -2.29. The van der Waals surface area contributed by atoms with Crippen molar-refractivity contribution >= 4 is 22.6 Å². The summed E-state index contributed by atoms with van der Waals surface area (Å²) in [5, 5.41) is 1.80. The highest BCUT2D eigenvalue weighted by Gasteiger charge is 2.19. The Morgan fingerprint density at radius 1 is 1.10 bits per heavy atom. The number of aryl methyl sites for hydroxylation is 2. The molecule has 1 atom stereocenters. The number of nitrogens with one attached hydrogen (secondary N) is 1. The molecule has 0 amide bonds. The highest BCUT2D eigenvalue weighted by Crippen LogP contribution is 2.31. The first kappa shape index (κ1) is 14.1. The summed E-state index contributed by atoms with van der Waals surface area (Å²) in [7, 11) is 0. The Morgan fingerprint density at radius 2 is 1.90 bits per heavy atom. The fourth-order valence-corrected chi connectivity index (χ4v) is 2.89. The number of hydrogen-bond donors (Lipinski definition) is 2. The van der Waals surface area contributed by atoms with Crippen molar-refractivity contribution in [3.8, 4) is 0 Å². The van der Waals surface area contributed by atoms with E-state index in [0.717, 1.165) is 33.4 Å². The zero-order chi connectivity index (χ0) is 15.0. The maximum Gasteiger partial charge on any atom is 0.137 e. The van der Waals surface area contributed by atoms with Gasteiger partial charge >= 0.3 is 0 Å². The monoisotopic (exact) mass is 300 g/mol. The average molecular weight is 301 g/mol. The molecule has 2 aromatic carbocycles. The summed E-state index contributed by atoms with van der Waals surface area (Å²) in [6.45, 7) is 4.05. The van der Waals surface area contributed by atoms with Crippen LogP contribution < -0.4 is 11.3 Å². The van der Waals surface area contributed by atoms with Gasteiger partial charge in [0.15, 0.2) is 0 Å². The van der Waals surface area contributed by atoms with Crippen molar-refractivity contribution in [2.75, 3.05) is 0 Å². The second kappa shape index (κ2) is 5.53. The Balaban J connectivity index is 2.11. The van der Waals surface area contributed by atoms with Crippen LogP contribution in [0.3, 0.4) is 0 Å². The van der Waals surface area contributed by atoms with Crippen LogP contribution >= 0.6 is 11.6 Å². The minimum atomic E-state index is -0.200. The first-order valence-electron chi connectivity index (χ1n) is 6.81. The van der Waals surface area contributed by atoms with E-state index in [9.17, 15) is 0 Å². The van der Waals surface area contributed by atoms with E-state index < -0.39 is 0 Å². The topological polar surface area (TPSA) is 51.2 Å². The molecular formula is C17H17ClN2O. The standard InChI is InChI=1S/C17H17ClN2O/c1-10-4-3-5-12-9-15(21-17(10)12)16(20-19)14-7-6-13(18)8-11(14)2/h3-9,16,20H,19H2,1-2H3. The molecule has 1 aromatic heterocycles. The van der Waals surface area contributed by atoms with Crippen molar-refractivity contribution in [3.63, 3.8) is 0 Å². The average Bonchev–Trinajstić information content (AvgIpc) is 2.87. The second-order valence-electron chi connectivity index (χ2n) is 5.24. The van der Waals surface area contributed by atoms with Gasteiger partial charge in [-0.05, 0) is 48.7 Å². The predicted octanol–water partition coefficient (Wildman–Crippen LogP) is 4.26. The van der Waals surface area contributed by atoms with Crippen molar-refractivity contribution in [3.05, 3.63) is 69.9 Å². The number of fused-ring (bicyclic) bond motifs is 1. The number of hydrogen-bond acceptors (Lipinski definition) is 3. The number of para-hydroxylation sites is 1. The zero-order valence-corrected chi connectivity index (χ0v) is 12.7. The third-order valence-corrected chi connectivity index (χ3v) is 3.99. The molecule has 3 rings (SSSR count). The minimum absolute atomic E-state index is 0.200. The maximum absolute atomic E-state index is 6.02. The van der Waals surface area contributed by atoms with Gasteiger partial charge in [0.1, 0.15) is 17.4 Å². The van der Waals surface area contributed by atoms with Crippen LogP contribution in [-0.4, -0.2) is 0 Å². The molecule has 108 valence electrons. The van der Waals surface area contributed by atoms with Crippen LogP contribution in [0.2, 0.25) is 5.02 Å². The third-order valence-electron chi connectivity index (χ3n) is 3.75. The summed E-state index contributed by atoms with van der Waals surface area (Å²) < 4.78 is 6.02. The van der Waals surface area contributed by atoms with E-state index in [-0.39, 0.29) is 6.04 Å². The zero-order valence-electron chi connectivity index (χ0n) is 12.0. The Bertz CT molecular complexity index is 795. The first-order valence-corrected chi connectivity index (χ1v) is 7.19. The molecule has 0 aliphatic carbocycles. The summed E-state index contributed by atoms with van der Waals surface area (Å²) in [6, 6.07) is 13.7. The van der Waals surface area contributed by atoms with Gasteiger partial charge in [0.25, 0.3) is 0 Å². The molecule has 0 bridgehead atoms. The quantitative estimate of drug-likeness (QED) is 0.561. The van der Waals surface area contributed by atoms with E-state index in [0.29, 0.717) is 5.02 Å². The number of halogens is 1. The highest BCUT2D eigenvalue weighted by atomic mass is 35.5. The van der Waals surface area contributed by atoms with E-state index in [1.54, 1.807) is 0 Å². The number of hydrazine groups is 1. The molecular weight excluding hydrogens is 284 g/mol. The van der Waals surface area contributed by atoms with Crippen LogP contribution in [0.5, 0.6) is 0 Å². The van der Waals surface area contributed by atoms with Gasteiger partial charge in [-0.3, -0.25) is 5.84 Å². The molecule has 0 saturated carbocycles. The lowest BCUT2D eigenvalue weighted by Gasteiger charge is -2.16. The molecule has 0 aliphatic heterocycles. The van der Waals surface area contributed by atoms with Crippen LogP contribution in [0.4, 0.5) is 0 Å². The summed E-state index contributed by atoms with van der Waals surface area (Å²) in [5.41, 5.74) is 6.98. The van der Waals surface area contributed by atoms with Crippen LogP contribution in [0.15, 0.2) is 46.9 Å². The predicted molar refractivity (Wildman–Crippen MR) is 86.3 cm³/mol. The van der Waals surface area contributed by atoms with Crippen molar-refractivity contribution in [1.82, 2.24) is 5.43 Å². The van der Waals surface area contributed by atoms with Gasteiger partial charge in [-0.2, -0.15) is 0 Å². The lowest BCUT2D eigenvalue weighted by molar-refractivity contribution is 0.475. The van der Waals surface area contributed by atoms with Gasteiger partial charge < -0.3 is 4.42 Å². The molecule has 1 heterocycles. The van der Waals surface area contributed by atoms with E-state index in [4.69, 9.17) is 21.9 Å². The fraction of sp³-hybridized carbons (Fsp3) is 0.176. The number of furan rings is 1. The van der Waals surface area contributed by atoms with Gasteiger partial charge in [-0.1, -0.05) is 35.9 Å². The molecule has 0 spiro atoms. The molecule has 0 radical (unpaired) electrons. The molecule has 1 unspecified atom stereocenters. The molecule has 3 N–H and O–H groups in total. The van der Waals surface area contributed by atoms with E-state index >= 15 is 0 Å². The van der Waals surface area contributed by atoms with E-state index in [1.807, 2.05) is 56.3 Å². The van der Waals surface area contributed by atoms with E-state index in [1.165, 1.54) is 0 Å². The molecule has 3 aromatic rings. The molecule has 0 fully saturated rings. The SMILES string of the molecule is Cc1cc(Cl)ccc1C(NN)c1cc2cccc(C)c2o1. The largest absolute Gasteiger partial charge is 0.459 e. The smallest absolute Gasteiger partial charge is 0.137 e. The van der Waals surface area contributed by atoms with Gasteiger partial charge in [0.05, 0.1) is 0 Å². The summed E-state index contributed by atoms with van der Waals surface area (Å²) in [6.07, 6.45) is 0. The highest BCUT2D eigenvalue weighted by molar-refractivity contribution is 6.30. The van der Waals surface area contributed by atoms with Crippen LogP contribution in [0, 0.1) is 13.8 Å². The molecule has 0 saturated heterocycles. The summed E-state index contributed by atoms with van der Waals surface area (Å²) in [4.78, 5) is 0. The number of nitrogens with two attached hydrogens (primary N) is 1. The number of rotatable bonds is 3.